The number of nitrogens with one attached hydrogen (secondary N) is 2. The van der Waals surface area contributed by atoms with Gasteiger partial charge in [-0.1, -0.05) is 25.8 Å². The molecule has 0 spiro atoms. The predicted octanol–water partition coefficient (Wildman–Crippen LogP) is 5.53. The van der Waals surface area contributed by atoms with Crippen molar-refractivity contribution in [2.75, 3.05) is 17.3 Å². The summed E-state index contributed by atoms with van der Waals surface area (Å²) in [6.45, 7) is 1.82. The van der Waals surface area contributed by atoms with Crippen LogP contribution in [0.2, 0.25) is 0 Å². The van der Waals surface area contributed by atoms with Crippen LogP contribution < -0.4 is 20.3 Å². The fourth-order valence-corrected chi connectivity index (χ4v) is 5.52. The normalized spacial score (nSPS) is 20.2. The third-order valence-corrected chi connectivity index (χ3v) is 7.30. The average Bonchev–Trinajstić information content (AvgIpc) is 3.64. The second-order valence-electron chi connectivity index (χ2n) is 9.11. The van der Waals surface area contributed by atoms with Crippen LogP contribution in [-0.4, -0.2) is 27.7 Å². The highest BCUT2D eigenvalue weighted by molar-refractivity contribution is 7.80. The number of pyridine rings is 1. The highest BCUT2D eigenvalue weighted by Crippen LogP contribution is 2.44. The molecule has 1 aliphatic heterocycles. The van der Waals surface area contributed by atoms with Gasteiger partial charge in [-0.2, -0.15) is 0 Å². The molecule has 2 N–H and O–H groups in total. The number of amides is 1. The minimum Gasteiger partial charge on any atom is -0.494 e. The SMILES string of the molecule is CCC(=O)Nc1ccc(N2C(=S)N[C@@H](c3ccccn3)[C@@H]2c2ccn(C3CCCC3)c2)cc1OC. The summed E-state index contributed by atoms with van der Waals surface area (Å²) < 4.78 is 7.99. The van der Waals surface area contributed by atoms with Gasteiger partial charge in [0.15, 0.2) is 5.11 Å². The van der Waals surface area contributed by atoms with Crippen molar-refractivity contribution in [2.24, 2.45) is 0 Å². The standard InChI is InChI=1S/C27H31N5O2S/c1-3-24(33)29-21-12-11-20(16-23(21)34-2)32-26(18-13-15-31(17-18)19-8-4-5-9-19)25(30-27(32)35)22-10-6-7-14-28-22/h6-7,10-17,19,25-26H,3-5,8-9H2,1-2H3,(H,29,33)(H,30,35)/t25-,26-/m0/s1. The number of rotatable bonds is 7. The number of carbonyl (C=O) groups excluding carboxylic acids is 1. The van der Waals surface area contributed by atoms with Crippen LogP contribution in [-0.2, 0) is 4.79 Å². The summed E-state index contributed by atoms with van der Waals surface area (Å²) >= 11 is 5.86. The first kappa shape index (κ1) is 23.4. The highest BCUT2D eigenvalue weighted by Gasteiger charge is 2.41. The molecule has 7 nitrogen and oxygen atoms in total. The molecular formula is C27H31N5O2S. The second kappa shape index (κ2) is 10.1. The minimum absolute atomic E-state index is 0.0595. The first-order chi connectivity index (χ1) is 17.1. The van der Waals surface area contributed by atoms with Gasteiger partial charge in [0.25, 0.3) is 0 Å². The zero-order valence-corrected chi connectivity index (χ0v) is 20.9. The van der Waals surface area contributed by atoms with Crippen LogP contribution in [0, 0.1) is 0 Å². The molecule has 1 saturated heterocycles. The molecule has 1 saturated carbocycles. The van der Waals surface area contributed by atoms with Crippen LogP contribution in [0.1, 0.15) is 68.4 Å². The van der Waals surface area contributed by atoms with E-state index in [1.54, 1.807) is 7.11 Å². The Morgan fingerprint density at radius 1 is 1.23 bits per heavy atom. The first-order valence-corrected chi connectivity index (χ1v) is 12.7. The van der Waals surface area contributed by atoms with Gasteiger partial charge >= 0.3 is 0 Å². The Kier molecular flexibility index (Phi) is 6.72. The van der Waals surface area contributed by atoms with E-state index in [4.69, 9.17) is 17.0 Å². The third kappa shape index (κ3) is 4.62. The summed E-state index contributed by atoms with van der Waals surface area (Å²) in [5.74, 6) is 0.534. The predicted molar refractivity (Wildman–Crippen MR) is 142 cm³/mol. The van der Waals surface area contributed by atoms with Crippen LogP contribution in [0.4, 0.5) is 11.4 Å². The van der Waals surface area contributed by atoms with Crippen LogP contribution >= 0.6 is 12.2 Å². The van der Waals surface area contributed by atoms with Gasteiger partial charge in [-0.25, -0.2) is 0 Å². The number of hydrogen-bond donors (Lipinski definition) is 2. The largest absolute Gasteiger partial charge is 0.494 e. The molecule has 35 heavy (non-hydrogen) atoms. The molecule has 3 heterocycles. The number of ether oxygens (including phenoxy) is 1. The van der Waals surface area contributed by atoms with Gasteiger partial charge in [-0.3, -0.25) is 9.78 Å². The van der Waals surface area contributed by atoms with Gasteiger partial charge in [0.05, 0.1) is 30.6 Å². The summed E-state index contributed by atoms with van der Waals surface area (Å²) in [5.41, 5.74) is 3.66. The van der Waals surface area contributed by atoms with Crippen molar-refractivity contribution in [3.05, 3.63) is 72.3 Å². The Balaban J connectivity index is 1.54. The molecule has 2 aliphatic rings. The molecule has 1 amide bonds. The monoisotopic (exact) mass is 489 g/mol. The zero-order chi connectivity index (χ0) is 24.4. The third-order valence-electron chi connectivity index (χ3n) is 6.98. The Morgan fingerprint density at radius 3 is 2.77 bits per heavy atom. The number of carbonyl (C=O) groups is 1. The van der Waals surface area contributed by atoms with Crippen molar-refractivity contribution in [1.29, 1.82) is 0 Å². The first-order valence-electron chi connectivity index (χ1n) is 12.2. The van der Waals surface area contributed by atoms with Gasteiger partial charge in [0.1, 0.15) is 5.75 Å². The van der Waals surface area contributed by atoms with Crippen molar-refractivity contribution >= 4 is 34.6 Å². The zero-order valence-electron chi connectivity index (χ0n) is 20.1. The summed E-state index contributed by atoms with van der Waals surface area (Å²) in [6.07, 6.45) is 11.7. The average molecular weight is 490 g/mol. The fourth-order valence-electron chi connectivity index (χ4n) is 5.18. The number of benzene rings is 1. The maximum Gasteiger partial charge on any atom is 0.224 e. The molecule has 0 radical (unpaired) electrons. The Labute approximate surface area is 211 Å². The van der Waals surface area contributed by atoms with Crippen molar-refractivity contribution in [3.8, 4) is 5.75 Å². The highest BCUT2D eigenvalue weighted by atomic mass is 32.1. The number of methoxy groups -OCH3 is 1. The van der Waals surface area contributed by atoms with Crippen molar-refractivity contribution < 1.29 is 9.53 Å². The van der Waals surface area contributed by atoms with Crippen LogP contribution in [0.15, 0.2) is 61.1 Å². The van der Waals surface area contributed by atoms with Crippen LogP contribution in [0.25, 0.3) is 0 Å². The van der Waals surface area contributed by atoms with Crippen molar-refractivity contribution in [1.82, 2.24) is 14.9 Å². The molecule has 3 aromatic rings. The fraction of sp³-hybridized carbons (Fsp3) is 0.370. The van der Waals surface area contributed by atoms with Gasteiger partial charge in [-0.15, -0.1) is 0 Å². The molecule has 1 aromatic carbocycles. The molecule has 2 atom stereocenters. The molecule has 8 heteroatoms. The van der Waals surface area contributed by atoms with Gasteiger partial charge in [0.2, 0.25) is 5.91 Å². The van der Waals surface area contributed by atoms with E-state index in [0.717, 1.165) is 11.4 Å². The minimum atomic E-state index is -0.103. The van der Waals surface area contributed by atoms with Gasteiger partial charge < -0.3 is 24.8 Å². The lowest BCUT2D eigenvalue weighted by molar-refractivity contribution is -0.115. The Morgan fingerprint density at radius 2 is 2.06 bits per heavy atom. The molecule has 5 rings (SSSR count). The molecule has 1 aliphatic carbocycles. The number of anilines is 2. The molecule has 0 bridgehead atoms. The van der Waals surface area contributed by atoms with Crippen LogP contribution in [0.5, 0.6) is 5.75 Å². The van der Waals surface area contributed by atoms with E-state index < -0.39 is 0 Å². The van der Waals surface area contributed by atoms with E-state index in [1.165, 1.54) is 31.2 Å². The van der Waals surface area contributed by atoms with Crippen LogP contribution in [0.3, 0.4) is 0 Å². The van der Waals surface area contributed by atoms with E-state index in [9.17, 15) is 4.79 Å². The maximum absolute atomic E-state index is 12.0. The quantitative estimate of drug-likeness (QED) is 0.425. The van der Waals surface area contributed by atoms with E-state index in [-0.39, 0.29) is 18.0 Å². The van der Waals surface area contributed by atoms with E-state index in [0.29, 0.717) is 29.0 Å². The summed E-state index contributed by atoms with van der Waals surface area (Å²) in [7, 11) is 1.61. The number of aromatic nitrogens is 2. The van der Waals surface area contributed by atoms with Crippen molar-refractivity contribution in [2.45, 2.75) is 57.2 Å². The summed E-state index contributed by atoms with van der Waals surface area (Å²) in [4.78, 5) is 18.8. The molecule has 0 unspecified atom stereocenters. The van der Waals surface area contributed by atoms with Crippen molar-refractivity contribution in [3.63, 3.8) is 0 Å². The van der Waals surface area contributed by atoms with E-state index >= 15 is 0 Å². The lowest BCUT2D eigenvalue weighted by atomic mass is 9.98. The number of hydrogen-bond acceptors (Lipinski definition) is 4. The van der Waals surface area contributed by atoms with E-state index in [2.05, 4.69) is 43.5 Å². The van der Waals surface area contributed by atoms with E-state index in [1.807, 2.05) is 49.5 Å². The topological polar surface area (TPSA) is 71.4 Å². The Hall–Kier alpha value is -3.39. The summed E-state index contributed by atoms with van der Waals surface area (Å²) in [6, 6.07) is 14.3. The summed E-state index contributed by atoms with van der Waals surface area (Å²) in [5, 5.41) is 7.05. The molecule has 2 aromatic heterocycles. The molecular weight excluding hydrogens is 458 g/mol. The molecule has 182 valence electrons. The maximum atomic E-state index is 12.0. The molecule has 2 fully saturated rings. The number of nitrogens with zero attached hydrogens (tertiary/aromatic N) is 3. The number of thiocarbonyl (C=S) groups is 1. The smallest absolute Gasteiger partial charge is 0.224 e. The van der Waals surface area contributed by atoms with Gasteiger partial charge in [-0.05, 0) is 61.0 Å². The second-order valence-corrected chi connectivity index (χ2v) is 9.50. The lowest BCUT2D eigenvalue weighted by Crippen LogP contribution is -2.29. The lowest BCUT2D eigenvalue weighted by Gasteiger charge is -2.28. The van der Waals surface area contributed by atoms with Gasteiger partial charge in [0, 0.05) is 42.8 Å². The Bertz CT molecular complexity index is 1210.